The second-order valence-corrected chi connectivity index (χ2v) is 4.07. The van der Waals surface area contributed by atoms with E-state index in [1.54, 1.807) is 0 Å². The third kappa shape index (κ3) is 4.31. The maximum atomic E-state index is 8.44. The van der Waals surface area contributed by atoms with Crippen LogP contribution in [0.3, 0.4) is 0 Å². The molecule has 0 aliphatic rings. The van der Waals surface area contributed by atoms with Gasteiger partial charge in [0.15, 0.2) is 0 Å². The van der Waals surface area contributed by atoms with Crippen LogP contribution in [0.2, 0.25) is 0 Å². The van der Waals surface area contributed by atoms with Crippen LogP contribution in [0.25, 0.3) is 0 Å². The van der Waals surface area contributed by atoms with Gasteiger partial charge in [0.25, 0.3) is 0 Å². The van der Waals surface area contributed by atoms with Gasteiger partial charge in [0.05, 0.1) is 0 Å². The summed E-state index contributed by atoms with van der Waals surface area (Å²) in [6.45, 7) is 4.87. The van der Waals surface area contributed by atoms with E-state index in [-0.39, 0.29) is 11.9 Å². The molecule has 0 fully saturated rings. The summed E-state index contributed by atoms with van der Waals surface area (Å²) < 4.78 is 0. The highest BCUT2D eigenvalue weighted by atomic mass is 16.4. The molecular weight excluding hydrogens is 202 g/mol. The molecule has 0 aromatic heterocycles. The third-order valence-corrected chi connectivity index (χ3v) is 2.38. The highest BCUT2D eigenvalue weighted by Crippen LogP contribution is 2.04. The van der Waals surface area contributed by atoms with Gasteiger partial charge in [-0.1, -0.05) is 35.0 Å². The smallest absolute Gasteiger partial charge is 0.140 e. The van der Waals surface area contributed by atoms with E-state index in [1.807, 2.05) is 13.0 Å². The van der Waals surface area contributed by atoms with E-state index in [0.29, 0.717) is 6.42 Å². The number of rotatable bonds is 5. The summed E-state index contributed by atoms with van der Waals surface area (Å²) in [7, 11) is 0. The average molecular weight is 221 g/mol. The van der Waals surface area contributed by atoms with E-state index >= 15 is 0 Å². The van der Waals surface area contributed by atoms with Crippen molar-refractivity contribution in [2.24, 2.45) is 10.9 Å². The van der Waals surface area contributed by atoms with Gasteiger partial charge in [0.1, 0.15) is 5.84 Å². The average Bonchev–Trinajstić information content (AvgIpc) is 2.26. The second-order valence-electron chi connectivity index (χ2n) is 4.07. The second kappa shape index (κ2) is 6.12. The predicted molar refractivity (Wildman–Crippen MR) is 65.5 cm³/mol. The van der Waals surface area contributed by atoms with Gasteiger partial charge in [-0.05, 0) is 19.4 Å². The number of nitrogens with two attached hydrogens (primary N) is 1. The Kier molecular flexibility index (Phi) is 4.79. The first kappa shape index (κ1) is 12.5. The van der Waals surface area contributed by atoms with Gasteiger partial charge in [-0.15, -0.1) is 0 Å². The van der Waals surface area contributed by atoms with E-state index in [1.165, 1.54) is 11.1 Å². The van der Waals surface area contributed by atoms with E-state index < -0.39 is 0 Å². The Morgan fingerprint density at radius 2 is 2.31 bits per heavy atom. The van der Waals surface area contributed by atoms with E-state index in [4.69, 9.17) is 10.9 Å². The van der Waals surface area contributed by atoms with Gasteiger partial charge in [0.2, 0.25) is 0 Å². The molecule has 0 saturated carbocycles. The zero-order chi connectivity index (χ0) is 12.0. The van der Waals surface area contributed by atoms with E-state index in [0.717, 1.165) is 6.54 Å². The van der Waals surface area contributed by atoms with Crippen molar-refractivity contribution in [2.75, 3.05) is 0 Å². The zero-order valence-electron chi connectivity index (χ0n) is 9.77. The molecule has 0 aliphatic carbocycles. The van der Waals surface area contributed by atoms with Crippen molar-refractivity contribution >= 4 is 5.84 Å². The molecule has 0 spiro atoms. The number of amidine groups is 1. The molecule has 1 atom stereocenters. The lowest BCUT2D eigenvalue weighted by atomic mass is 10.1. The molecule has 4 nitrogen and oxygen atoms in total. The predicted octanol–water partition coefficient (Wildman–Crippen LogP) is 1.61. The SMILES string of the molecule is Cc1cccc(CNC(C)CC(N)=NO)c1. The van der Waals surface area contributed by atoms with Gasteiger partial charge in [-0.3, -0.25) is 0 Å². The Morgan fingerprint density at radius 3 is 2.94 bits per heavy atom. The number of aryl methyl sites for hydroxylation is 1. The molecule has 0 aliphatic heterocycles. The number of nitrogens with one attached hydrogen (secondary N) is 1. The van der Waals surface area contributed by atoms with Crippen molar-refractivity contribution in [3.8, 4) is 0 Å². The van der Waals surface area contributed by atoms with Gasteiger partial charge >= 0.3 is 0 Å². The van der Waals surface area contributed by atoms with Crippen molar-refractivity contribution < 1.29 is 5.21 Å². The van der Waals surface area contributed by atoms with Gasteiger partial charge in [-0.25, -0.2) is 0 Å². The lowest BCUT2D eigenvalue weighted by molar-refractivity contribution is 0.316. The highest BCUT2D eigenvalue weighted by Gasteiger charge is 2.04. The van der Waals surface area contributed by atoms with Crippen LogP contribution >= 0.6 is 0 Å². The molecular formula is C12H19N3O. The molecule has 0 heterocycles. The fourth-order valence-corrected chi connectivity index (χ4v) is 1.54. The van der Waals surface area contributed by atoms with E-state index in [9.17, 15) is 0 Å². The summed E-state index contributed by atoms with van der Waals surface area (Å²) in [5, 5.41) is 14.7. The van der Waals surface area contributed by atoms with Crippen molar-refractivity contribution in [1.29, 1.82) is 0 Å². The number of oxime groups is 1. The fourth-order valence-electron chi connectivity index (χ4n) is 1.54. The molecule has 0 radical (unpaired) electrons. The molecule has 1 aromatic carbocycles. The fraction of sp³-hybridized carbons (Fsp3) is 0.417. The Balaban J connectivity index is 2.40. The van der Waals surface area contributed by atoms with Crippen LogP contribution in [0.1, 0.15) is 24.5 Å². The third-order valence-electron chi connectivity index (χ3n) is 2.38. The number of nitrogens with zero attached hydrogens (tertiary/aromatic N) is 1. The van der Waals surface area contributed by atoms with Crippen LogP contribution in [0, 0.1) is 6.92 Å². The van der Waals surface area contributed by atoms with E-state index in [2.05, 4.69) is 35.6 Å². The Hall–Kier alpha value is -1.55. The summed E-state index contributed by atoms with van der Waals surface area (Å²) in [6, 6.07) is 8.53. The van der Waals surface area contributed by atoms with Gasteiger partial charge in [0, 0.05) is 19.0 Å². The lowest BCUT2D eigenvalue weighted by Crippen LogP contribution is -2.30. The van der Waals surface area contributed by atoms with Crippen LogP contribution in [0.15, 0.2) is 29.4 Å². The van der Waals surface area contributed by atoms with Crippen LogP contribution in [-0.2, 0) is 6.54 Å². The van der Waals surface area contributed by atoms with Crippen LogP contribution in [0.5, 0.6) is 0 Å². The molecule has 4 N–H and O–H groups in total. The van der Waals surface area contributed by atoms with Gasteiger partial charge in [-0.2, -0.15) is 0 Å². The molecule has 0 amide bonds. The first-order valence-corrected chi connectivity index (χ1v) is 5.37. The van der Waals surface area contributed by atoms with Crippen molar-refractivity contribution in [3.05, 3.63) is 35.4 Å². The molecule has 88 valence electrons. The zero-order valence-corrected chi connectivity index (χ0v) is 9.77. The number of hydrogen-bond acceptors (Lipinski definition) is 3. The summed E-state index contributed by atoms with van der Waals surface area (Å²) in [4.78, 5) is 0. The maximum absolute atomic E-state index is 8.44. The molecule has 1 rings (SSSR count). The van der Waals surface area contributed by atoms with Crippen molar-refractivity contribution in [1.82, 2.24) is 5.32 Å². The molecule has 1 unspecified atom stereocenters. The first-order valence-electron chi connectivity index (χ1n) is 5.37. The van der Waals surface area contributed by atoms with Crippen LogP contribution in [-0.4, -0.2) is 17.1 Å². The molecule has 0 bridgehead atoms. The largest absolute Gasteiger partial charge is 0.409 e. The van der Waals surface area contributed by atoms with Crippen LogP contribution in [0.4, 0.5) is 0 Å². The summed E-state index contributed by atoms with van der Waals surface area (Å²) in [5.74, 6) is 0.254. The molecule has 4 heteroatoms. The maximum Gasteiger partial charge on any atom is 0.140 e. The topological polar surface area (TPSA) is 70.6 Å². The highest BCUT2D eigenvalue weighted by molar-refractivity contribution is 5.80. The molecule has 0 saturated heterocycles. The minimum absolute atomic E-state index is 0.191. The Morgan fingerprint density at radius 1 is 1.56 bits per heavy atom. The number of hydrogen-bond donors (Lipinski definition) is 3. The minimum Gasteiger partial charge on any atom is -0.409 e. The van der Waals surface area contributed by atoms with Crippen LogP contribution < -0.4 is 11.1 Å². The lowest BCUT2D eigenvalue weighted by Gasteiger charge is -2.13. The van der Waals surface area contributed by atoms with Crippen molar-refractivity contribution in [3.63, 3.8) is 0 Å². The molecule has 16 heavy (non-hydrogen) atoms. The Labute approximate surface area is 96.2 Å². The monoisotopic (exact) mass is 221 g/mol. The first-order chi connectivity index (χ1) is 7.61. The normalized spacial score (nSPS) is 13.8. The minimum atomic E-state index is 0.191. The van der Waals surface area contributed by atoms with Crippen molar-refractivity contribution in [2.45, 2.75) is 32.9 Å². The van der Waals surface area contributed by atoms with Gasteiger partial charge < -0.3 is 16.3 Å². The standard InChI is InChI=1S/C12H19N3O/c1-9-4-3-5-11(6-9)8-14-10(2)7-12(13)15-16/h3-6,10,14,16H,7-8H2,1-2H3,(H2,13,15). The summed E-state index contributed by atoms with van der Waals surface area (Å²) in [6.07, 6.45) is 0.544. The number of benzene rings is 1. The summed E-state index contributed by atoms with van der Waals surface area (Å²) in [5.41, 5.74) is 7.92. The Bertz CT molecular complexity index is 363. The summed E-state index contributed by atoms with van der Waals surface area (Å²) >= 11 is 0. The quantitative estimate of drug-likeness (QED) is 0.306. The molecule has 1 aromatic rings.